The maximum atomic E-state index is 11.9. The van der Waals surface area contributed by atoms with Crippen LogP contribution in [0.25, 0.3) is 0 Å². The summed E-state index contributed by atoms with van der Waals surface area (Å²) in [5.74, 6) is -0.0399. The number of amides is 1. The van der Waals surface area contributed by atoms with E-state index in [4.69, 9.17) is 18.0 Å². The predicted molar refractivity (Wildman–Crippen MR) is 65.6 cm³/mol. The van der Waals surface area contributed by atoms with E-state index >= 15 is 0 Å². The molecule has 0 bridgehead atoms. The van der Waals surface area contributed by atoms with Gasteiger partial charge in [-0.3, -0.25) is 4.79 Å². The summed E-state index contributed by atoms with van der Waals surface area (Å²) in [5.41, 5.74) is 4.82. The molecule has 1 aliphatic carbocycles. The molecule has 0 spiro atoms. The zero-order valence-corrected chi connectivity index (χ0v) is 10.3. The van der Waals surface area contributed by atoms with E-state index in [-0.39, 0.29) is 10.9 Å². The fourth-order valence-electron chi connectivity index (χ4n) is 1.72. The van der Waals surface area contributed by atoms with Gasteiger partial charge in [-0.2, -0.15) is 0 Å². The first-order valence-corrected chi connectivity index (χ1v) is 5.96. The lowest BCUT2D eigenvalue weighted by molar-refractivity contribution is -0.127. The summed E-state index contributed by atoms with van der Waals surface area (Å²) in [6, 6.07) is 0.319. The summed E-state index contributed by atoms with van der Waals surface area (Å²) >= 11 is 4.89. The largest absolute Gasteiger partial charge is 0.392 e. The van der Waals surface area contributed by atoms with Crippen molar-refractivity contribution in [3.8, 4) is 0 Å². The monoisotopic (exact) mass is 228 g/mol. The van der Waals surface area contributed by atoms with Crippen molar-refractivity contribution in [1.82, 2.24) is 5.32 Å². The fraction of sp³-hybridized carbons (Fsp3) is 0.818. The van der Waals surface area contributed by atoms with Gasteiger partial charge in [-0.25, -0.2) is 0 Å². The van der Waals surface area contributed by atoms with E-state index in [1.165, 1.54) is 19.3 Å². The summed E-state index contributed by atoms with van der Waals surface area (Å²) in [4.78, 5) is 12.2. The van der Waals surface area contributed by atoms with Crippen LogP contribution in [0.5, 0.6) is 0 Å². The van der Waals surface area contributed by atoms with E-state index < -0.39 is 5.41 Å². The van der Waals surface area contributed by atoms with Gasteiger partial charge in [0.05, 0.1) is 10.4 Å². The van der Waals surface area contributed by atoms with E-state index in [9.17, 15) is 4.79 Å². The highest BCUT2D eigenvalue weighted by molar-refractivity contribution is 7.80. The Labute approximate surface area is 96.8 Å². The average Bonchev–Trinajstić information content (AvgIpc) is 2.18. The third-order valence-corrected chi connectivity index (χ3v) is 3.63. The Morgan fingerprint density at radius 3 is 2.33 bits per heavy atom. The summed E-state index contributed by atoms with van der Waals surface area (Å²) < 4.78 is 0. The van der Waals surface area contributed by atoms with Crippen LogP contribution < -0.4 is 11.1 Å². The van der Waals surface area contributed by atoms with Crippen LogP contribution in [-0.2, 0) is 4.79 Å². The second-order valence-electron chi connectivity index (χ2n) is 4.80. The number of hydrogen-bond acceptors (Lipinski definition) is 2. The molecule has 0 atom stereocenters. The lowest BCUT2D eigenvalue weighted by atomic mass is 9.90. The molecule has 86 valence electrons. The number of rotatable bonds is 3. The molecule has 0 aromatic heterocycles. The number of carbonyl (C=O) groups is 1. The van der Waals surface area contributed by atoms with Crippen molar-refractivity contribution in [1.29, 1.82) is 0 Å². The quantitative estimate of drug-likeness (QED) is 0.724. The second kappa shape index (κ2) is 4.92. The maximum Gasteiger partial charge on any atom is 0.232 e. The molecule has 0 saturated heterocycles. The Morgan fingerprint density at radius 2 is 1.87 bits per heavy atom. The van der Waals surface area contributed by atoms with Gasteiger partial charge in [0.25, 0.3) is 0 Å². The summed E-state index contributed by atoms with van der Waals surface area (Å²) in [6.07, 6.45) is 5.86. The SMILES string of the molecule is CC(C)(C(=O)NC1CCCCC1)C(N)=S. The van der Waals surface area contributed by atoms with E-state index in [1.54, 1.807) is 13.8 Å². The first-order chi connectivity index (χ1) is 6.94. The minimum atomic E-state index is -0.729. The molecule has 15 heavy (non-hydrogen) atoms. The van der Waals surface area contributed by atoms with Crippen molar-refractivity contribution < 1.29 is 4.79 Å². The lowest BCUT2D eigenvalue weighted by Crippen LogP contribution is -2.48. The Balaban J connectivity index is 2.50. The third-order valence-electron chi connectivity index (χ3n) is 3.12. The molecule has 0 radical (unpaired) electrons. The van der Waals surface area contributed by atoms with Gasteiger partial charge < -0.3 is 11.1 Å². The molecule has 1 aliphatic rings. The first kappa shape index (κ1) is 12.4. The van der Waals surface area contributed by atoms with Gasteiger partial charge in [0.1, 0.15) is 0 Å². The lowest BCUT2D eigenvalue weighted by Gasteiger charge is -2.28. The van der Waals surface area contributed by atoms with Crippen molar-refractivity contribution in [2.75, 3.05) is 0 Å². The average molecular weight is 228 g/mol. The Hall–Kier alpha value is -0.640. The number of nitrogens with two attached hydrogens (primary N) is 1. The molecule has 0 aliphatic heterocycles. The highest BCUT2D eigenvalue weighted by Crippen LogP contribution is 2.20. The van der Waals surface area contributed by atoms with Crippen LogP contribution in [-0.4, -0.2) is 16.9 Å². The molecule has 1 amide bonds. The molecule has 0 aromatic carbocycles. The number of thiocarbonyl (C=S) groups is 1. The topological polar surface area (TPSA) is 55.1 Å². The van der Waals surface area contributed by atoms with Gasteiger partial charge in [0.15, 0.2) is 0 Å². The zero-order valence-electron chi connectivity index (χ0n) is 9.51. The normalized spacial score (nSPS) is 18.5. The molecule has 0 aromatic rings. The molecule has 0 heterocycles. The minimum Gasteiger partial charge on any atom is -0.392 e. The number of carbonyl (C=O) groups excluding carboxylic acids is 1. The van der Waals surface area contributed by atoms with E-state index in [1.807, 2.05) is 0 Å². The minimum absolute atomic E-state index is 0.0399. The fourth-order valence-corrected chi connectivity index (χ4v) is 1.82. The predicted octanol–water partition coefficient (Wildman–Crippen LogP) is 1.75. The molecule has 3 nitrogen and oxygen atoms in total. The highest BCUT2D eigenvalue weighted by atomic mass is 32.1. The van der Waals surface area contributed by atoms with Gasteiger partial charge in [-0.15, -0.1) is 0 Å². The Bertz CT molecular complexity index is 257. The van der Waals surface area contributed by atoms with Crippen LogP contribution in [0.1, 0.15) is 46.0 Å². The van der Waals surface area contributed by atoms with Crippen LogP contribution in [0.4, 0.5) is 0 Å². The van der Waals surface area contributed by atoms with Crippen LogP contribution >= 0.6 is 12.2 Å². The zero-order chi connectivity index (χ0) is 11.5. The second-order valence-corrected chi connectivity index (χ2v) is 5.24. The Morgan fingerprint density at radius 1 is 1.33 bits per heavy atom. The highest BCUT2D eigenvalue weighted by Gasteiger charge is 2.32. The molecular formula is C11H20N2OS. The van der Waals surface area contributed by atoms with Crippen LogP contribution in [0.3, 0.4) is 0 Å². The maximum absolute atomic E-state index is 11.9. The summed E-state index contributed by atoms with van der Waals surface area (Å²) in [5, 5.41) is 3.03. The van der Waals surface area contributed by atoms with Crippen molar-refractivity contribution in [3.05, 3.63) is 0 Å². The molecule has 4 heteroatoms. The van der Waals surface area contributed by atoms with Gasteiger partial charge in [0, 0.05) is 6.04 Å². The molecular weight excluding hydrogens is 208 g/mol. The number of hydrogen-bond donors (Lipinski definition) is 2. The van der Waals surface area contributed by atoms with Crippen LogP contribution in [0.15, 0.2) is 0 Å². The molecule has 1 saturated carbocycles. The van der Waals surface area contributed by atoms with Gasteiger partial charge in [-0.05, 0) is 26.7 Å². The molecule has 1 fully saturated rings. The standard InChI is InChI=1S/C11H20N2OS/c1-11(2,9(12)15)10(14)13-8-6-4-3-5-7-8/h8H,3-7H2,1-2H3,(H2,12,15)(H,13,14). The van der Waals surface area contributed by atoms with Gasteiger partial charge in [-0.1, -0.05) is 31.5 Å². The summed E-state index contributed by atoms with van der Waals surface area (Å²) in [6.45, 7) is 3.54. The van der Waals surface area contributed by atoms with E-state index in [0.29, 0.717) is 6.04 Å². The van der Waals surface area contributed by atoms with Gasteiger partial charge >= 0.3 is 0 Å². The van der Waals surface area contributed by atoms with E-state index in [2.05, 4.69) is 5.32 Å². The first-order valence-electron chi connectivity index (χ1n) is 5.55. The smallest absolute Gasteiger partial charge is 0.232 e. The van der Waals surface area contributed by atoms with Crippen molar-refractivity contribution in [2.45, 2.75) is 52.0 Å². The molecule has 0 unspecified atom stereocenters. The number of nitrogens with one attached hydrogen (secondary N) is 1. The van der Waals surface area contributed by atoms with Crippen LogP contribution in [0.2, 0.25) is 0 Å². The van der Waals surface area contributed by atoms with Crippen molar-refractivity contribution in [3.63, 3.8) is 0 Å². The van der Waals surface area contributed by atoms with Crippen LogP contribution in [0, 0.1) is 5.41 Å². The van der Waals surface area contributed by atoms with Crippen molar-refractivity contribution >= 4 is 23.1 Å². The summed E-state index contributed by atoms with van der Waals surface area (Å²) in [7, 11) is 0. The third kappa shape index (κ3) is 3.16. The Kier molecular flexibility index (Phi) is 4.08. The molecule has 1 rings (SSSR count). The van der Waals surface area contributed by atoms with Gasteiger partial charge in [0.2, 0.25) is 5.91 Å². The molecule has 3 N–H and O–H groups in total. The van der Waals surface area contributed by atoms with Crippen molar-refractivity contribution in [2.24, 2.45) is 11.1 Å². The van der Waals surface area contributed by atoms with E-state index in [0.717, 1.165) is 12.8 Å².